The highest BCUT2D eigenvalue weighted by molar-refractivity contribution is 5.76. The molecule has 0 fully saturated rings. The lowest BCUT2D eigenvalue weighted by Gasteiger charge is -2.17. The van der Waals surface area contributed by atoms with Gasteiger partial charge < -0.3 is 29.7 Å². The molecule has 0 aliphatic rings. The van der Waals surface area contributed by atoms with Crippen molar-refractivity contribution in [3.63, 3.8) is 0 Å². The number of hydrogen-bond donors (Lipinski definition) is 3. The van der Waals surface area contributed by atoms with Crippen molar-refractivity contribution in [3.05, 3.63) is 52.6 Å². The number of carbonyl (C=O) groups excluding carboxylic acids is 1. The van der Waals surface area contributed by atoms with E-state index in [9.17, 15) is 9.90 Å². The molecule has 0 unspecified atom stereocenters. The van der Waals surface area contributed by atoms with Crippen molar-refractivity contribution in [1.29, 1.82) is 0 Å². The maximum Gasteiger partial charge on any atom is 0.258 e. The van der Waals surface area contributed by atoms with E-state index in [-0.39, 0.29) is 13.2 Å². The minimum Gasteiger partial charge on any atom is -0.490 e. The fourth-order valence-corrected chi connectivity index (χ4v) is 3.81. The first-order chi connectivity index (χ1) is 17.2. The van der Waals surface area contributed by atoms with Crippen LogP contribution in [0.4, 0.5) is 0 Å². The third-order valence-electron chi connectivity index (χ3n) is 6.09. The number of ether oxygens (including phenoxy) is 1. The van der Waals surface area contributed by atoms with E-state index in [4.69, 9.17) is 14.4 Å². The highest BCUT2D eigenvalue weighted by Crippen LogP contribution is 2.31. The highest BCUT2D eigenvalue weighted by Gasteiger charge is 2.17. The molecule has 1 aromatic heterocycles. The van der Waals surface area contributed by atoms with Gasteiger partial charge in [0, 0.05) is 24.2 Å². The van der Waals surface area contributed by atoms with E-state index in [2.05, 4.69) is 53.4 Å². The van der Waals surface area contributed by atoms with Gasteiger partial charge in [0.05, 0.1) is 0 Å². The Morgan fingerprint density at radius 3 is 2.58 bits per heavy atom. The minimum absolute atomic E-state index is 0.000917. The van der Waals surface area contributed by atoms with Crippen molar-refractivity contribution in [1.82, 2.24) is 20.4 Å². The Labute approximate surface area is 212 Å². The second-order valence-corrected chi connectivity index (χ2v) is 8.96. The number of amides is 1. The quantitative estimate of drug-likeness (QED) is 0.350. The van der Waals surface area contributed by atoms with Gasteiger partial charge in [0.25, 0.3) is 5.89 Å². The Morgan fingerprint density at radius 1 is 1.14 bits per heavy atom. The van der Waals surface area contributed by atoms with Crippen molar-refractivity contribution < 1.29 is 24.3 Å². The summed E-state index contributed by atoms with van der Waals surface area (Å²) in [4.78, 5) is 18.1. The van der Waals surface area contributed by atoms with Crippen LogP contribution in [0.25, 0.3) is 22.8 Å². The Hall–Kier alpha value is -3.27. The zero-order valence-electron chi connectivity index (χ0n) is 21.7. The SMILES string of the molecule is CCc1cc(-c2noc(-c3ccc(C)c(CN(C)CC)c3)n2)cc(C)c1OC[C@@H](O)CNC(=O)CO. The van der Waals surface area contributed by atoms with Gasteiger partial charge in [-0.25, -0.2) is 0 Å². The lowest BCUT2D eigenvalue weighted by molar-refractivity contribution is -0.124. The molecule has 2 aromatic carbocycles. The number of benzene rings is 2. The van der Waals surface area contributed by atoms with Crippen LogP contribution in [0.3, 0.4) is 0 Å². The number of rotatable bonds is 12. The normalized spacial score (nSPS) is 12.1. The zero-order chi connectivity index (χ0) is 26.2. The zero-order valence-corrected chi connectivity index (χ0v) is 21.7. The molecule has 3 N–H and O–H groups in total. The van der Waals surface area contributed by atoms with Crippen LogP contribution >= 0.6 is 0 Å². The first-order valence-electron chi connectivity index (χ1n) is 12.2. The summed E-state index contributed by atoms with van der Waals surface area (Å²) >= 11 is 0. The molecule has 1 amide bonds. The molecule has 194 valence electrons. The van der Waals surface area contributed by atoms with Crippen LogP contribution in [0.2, 0.25) is 0 Å². The predicted octanol–water partition coefficient (Wildman–Crippen LogP) is 2.88. The number of aromatic nitrogens is 2. The van der Waals surface area contributed by atoms with Crippen LogP contribution in [0.15, 0.2) is 34.9 Å². The summed E-state index contributed by atoms with van der Waals surface area (Å²) in [5.41, 5.74) is 5.97. The number of nitrogens with zero attached hydrogens (tertiary/aromatic N) is 3. The Balaban J connectivity index is 1.78. The highest BCUT2D eigenvalue weighted by atomic mass is 16.5. The molecular weight excluding hydrogens is 460 g/mol. The van der Waals surface area contributed by atoms with Gasteiger partial charge in [-0.15, -0.1) is 0 Å². The summed E-state index contributed by atoms with van der Waals surface area (Å²) in [5.74, 6) is 1.10. The molecule has 0 aliphatic carbocycles. The van der Waals surface area contributed by atoms with Gasteiger partial charge >= 0.3 is 0 Å². The van der Waals surface area contributed by atoms with Gasteiger partial charge in [-0.05, 0) is 80.4 Å². The van der Waals surface area contributed by atoms with Gasteiger partial charge in [0.1, 0.15) is 25.1 Å². The van der Waals surface area contributed by atoms with Crippen molar-refractivity contribution in [2.75, 3.05) is 33.4 Å². The Kier molecular flexibility index (Phi) is 9.58. The van der Waals surface area contributed by atoms with Crippen LogP contribution < -0.4 is 10.1 Å². The van der Waals surface area contributed by atoms with Gasteiger partial charge in [-0.2, -0.15) is 4.98 Å². The summed E-state index contributed by atoms with van der Waals surface area (Å²) in [6.07, 6.45) is -0.196. The number of aryl methyl sites for hydroxylation is 3. The van der Waals surface area contributed by atoms with E-state index in [1.807, 2.05) is 32.0 Å². The monoisotopic (exact) mass is 496 g/mol. The van der Waals surface area contributed by atoms with E-state index in [1.54, 1.807) is 0 Å². The van der Waals surface area contributed by atoms with Gasteiger partial charge in [0.2, 0.25) is 11.7 Å². The molecule has 0 bridgehead atoms. The van der Waals surface area contributed by atoms with Gasteiger partial charge in [-0.1, -0.05) is 25.1 Å². The fraction of sp³-hybridized carbons (Fsp3) is 0.444. The molecule has 0 spiro atoms. The summed E-state index contributed by atoms with van der Waals surface area (Å²) in [6, 6.07) is 10.1. The van der Waals surface area contributed by atoms with E-state index >= 15 is 0 Å². The first kappa shape index (κ1) is 27.3. The van der Waals surface area contributed by atoms with Crippen LogP contribution in [0, 0.1) is 13.8 Å². The lowest BCUT2D eigenvalue weighted by Crippen LogP contribution is -2.36. The standard InChI is InChI=1S/C27H36N4O5/c1-6-19-11-21(10-18(4)25(19)35-16-23(33)13-28-24(34)15-32)26-29-27(36-30-26)20-9-8-17(3)22(12-20)14-31(5)7-2/h8-12,23,32-33H,6-7,13-16H2,1-5H3,(H,28,34)/t23-/m0/s1. The van der Waals surface area contributed by atoms with Crippen molar-refractivity contribution in [2.24, 2.45) is 0 Å². The molecule has 1 heterocycles. The number of hydrogen-bond acceptors (Lipinski definition) is 8. The molecule has 3 rings (SSSR count). The number of aliphatic hydroxyl groups excluding tert-OH is 2. The average Bonchev–Trinajstić information content (AvgIpc) is 3.37. The van der Waals surface area contributed by atoms with E-state index in [0.717, 1.165) is 35.3 Å². The Bertz CT molecular complexity index is 1180. The molecule has 0 saturated carbocycles. The van der Waals surface area contributed by atoms with E-state index in [0.29, 0.717) is 23.9 Å². The van der Waals surface area contributed by atoms with E-state index in [1.165, 1.54) is 11.1 Å². The third-order valence-corrected chi connectivity index (χ3v) is 6.09. The lowest BCUT2D eigenvalue weighted by atomic mass is 10.0. The molecule has 0 radical (unpaired) electrons. The fourth-order valence-electron chi connectivity index (χ4n) is 3.81. The molecule has 9 heteroatoms. The second-order valence-electron chi connectivity index (χ2n) is 8.96. The van der Waals surface area contributed by atoms with Crippen LogP contribution in [0.1, 0.15) is 36.1 Å². The smallest absolute Gasteiger partial charge is 0.258 e. The van der Waals surface area contributed by atoms with Crippen LogP contribution in [0.5, 0.6) is 5.75 Å². The summed E-state index contributed by atoms with van der Waals surface area (Å²) in [7, 11) is 2.09. The number of carbonyl (C=O) groups is 1. The third kappa shape index (κ3) is 6.90. The molecule has 9 nitrogen and oxygen atoms in total. The number of nitrogens with one attached hydrogen (secondary N) is 1. The summed E-state index contributed by atoms with van der Waals surface area (Å²) in [5, 5.41) is 25.5. The maximum absolute atomic E-state index is 11.2. The van der Waals surface area contributed by atoms with Gasteiger partial charge in [0.15, 0.2) is 0 Å². The van der Waals surface area contributed by atoms with Crippen LogP contribution in [-0.2, 0) is 17.8 Å². The maximum atomic E-state index is 11.2. The average molecular weight is 497 g/mol. The van der Waals surface area contributed by atoms with Crippen LogP contribution in [-0.4, -0.2) is 70.6 Å². The molecular formula is C27H36N4O5. The predicted molar refractivity (Wildman–Crippen MR) is 138 cm³/mol. The largest absolute Gasteiger partial charge is 0.490 e. The first-order valence-corrected chi connectivity index (χ1v) is 12.2. The molecule has 1 atom stereocenters. The van der Waals surface area contributed by atoms with Crippen molar-refractivity contribution in [3.8, 4) is 28.6 Å². The molecule has 36 heavy (non-hydrogen) atoms. The van der Waals surface area contributed by atoms with Crippen molar-refractivity contribution >= 4 is 5.91 Å². The summed E-state index contributed by atoms with van der Waals surface area (Å²) < 4.78 is 11.5. The molecule has 3 aromatic rings. The topological polar surface area (TPSA) is 121 Å². The molecule has 0 aliphatic heterocycles. The second kappa shape index (κ2) is 12.6. The van der Waals surface area contributed by atoms with Gasteiger partial charge in [-0.3, -0.25) is 4.79 Å². The number of aliphatic hydroxyl groups is 2. The Morgan fingerprint density at radius 2 is 1.89 bits per heavy atom. The van der Waals surface area contributed by atoms with Crippen molar-refractivity contribution in [2.45, 2.75) is 46.8 Å². The molecule has 0 saturated heterocycles. The summed E-state index contributed by atoms with van der Waals surface area (Å²) in [6.45, 7) is 9.38. The van der Waals surface area contributed by atoms with E-state index < -0.39 is 18.6 Å². The minimum atomic E-state index is -0.902.